The Bertz CT molecular complexity index is 317. The maximum absolute atomic E-state index is 11.4. The molecule has 0 amide bonds. The van der Waals surface area contributed by atoms with Crippen molar-refractivity contribution in [2.75, 3.05) is 6.54 Å². The van der Waals surface area contributed by atoms with Gasteiger partial charge in [0.1, 0.15) is 5.78 Å². The van der Waals surface area contributed by atoms with Crippen LogP contribution in [0.5, 0.6) is 0 Å². The molecule has 0 spiro atoms. The molecule has 1 aromatic rings. The fraction of sp³-hybridized carbons (Fsp3) is 0.636. The largest absolute Gasteiger partial charge is 0.308 e. The molecule has 0 atom stereocenters. The fourth-order valence-corrected chi connectivity index (χ4v) is 1.29. The van der Waals surface area contributed by atoms with Gasteiger partial charge in [0.2, 0.25) is 0 Å². The molecule has 4 heteroatoms. The molecule has 0 saturated carbocycles. The van der Waals surface area contributed by atoms with Gasteiger partial charge in [-0.3, -0.25) is 9.48 Å². The SMILES string of the molecule is CC(C)NCC(=O)CCc1cnn(C)c1. The van der Waals surface area contributed by atoms with Crippen molar-refractivity contribution in [3.8, 4) is 0 Å². The van der Waals surface area contributed by atoms with E-state index in [1.807, 2.05) is 33.3 Å². The van der Waals surface area contributed by atoms with E-state index in [4.69, 9.17) is 0 Å². The minimum Gasteiger partial charge on any atom is -0.308 e. The van der Waals surface area contributed by atoms with Crippen LogP contribution in [-0.4, -0.2) is 28.2 Å². The zero-order valence-electron chi connectivity index (χ0n) is 9.66. The number of ketones is 1. The number of hydrogen-bond acceptors (Lipinski definition) is 3. The first-order valence-electron chi connectivity index (χ1n) is 5.30. The second-order valence-corrected chi connectivity index (χ2v) is 4.10. The van der Waals surface area contributed by atoms with Crippen molar-refractivity contribution < 1.29 is 4.79 Å². The quantitative estimate of drug-likeness (QED) is 0.758. The van der Waals surface area contributed by atoms with Gasteiger partial charge in [-0.1, -0.05) is 13.8 Å². The molecule has 0 unspecified atom stereocenters. The summed E-state index contributed by atoms with van der Waals surface area (Å²) in [5, 5.41) is 7.17. The van der Waals surface area contributed by atoms with Crippen molar-refractivity contribution in [2.45, 2.75) is 32.7 Å². The molecule has 0 aliphatic carbocycles. The van der Waals surface area contributed by atoms with E-state index >= 15 is 0 Å². The van der Waals surface area contributed by atoms with E-state index in [9.17, 15) is 4.79 Å². The summed E-state index contributed by atoms with van der Waals surface area (Å²) in [7, 11) is 1.88. The first-order chi connectivity index (χ1) is 7.08. The molecule has 84 valence electrons. The van der Waals surface area contributed by atoms with Crippen LogP contribution in [0.15, 0.2) is 12.4 Å². The summed E-state index contributed by atoms with van der Waals surface area (Å²) in [6.45, 7) is 4.54. The average molecular weight is 209 g/mol. The number of carbonyl (C=O) groups excluding carboxylic acids is 1. The van der Waals surface area contributed by atoms with Crippen LogP contribution in [0.25, 0.3) is 0 Å². The predicted molar refractivity (Wildman–Crippen MR) is 59.7 cm³/mol. The van der Waals surface area contributed by atoms with Crippen LogP contribution in [0, 0.1) is 0 Å². The Labute approximate surface area is 90.7 Å². The van der Waals surface area contributed by atoms with Gasteiger partial charge in [0.15, 0.2) is 0 Å². The van der Waals surface area contributed by atoms with Gasteiger partial charge in [0.05, 0.1) is 12.7 Å². The lowest BCUT2D eigenvalue weighted by Crippen LogP contribution is -2.29. The highest BCUT2D eigenvalue weighted by atomic mass is 16.1. The Kier molecular flexibility index (Phi) is 4.49. The maximum atomic E-state index is 11.4. The van der Waals surface area contributed by atoms with E-state index in [0.29, 0.717) is 19.0 Å². The Morgan fingerprint density at radius 1 is 1.60 bits per heavy atom. The zero-order valence-corrected chi connectivity index (χ0v) is 9.66. The van der Waals surface area contributed by atoms with Crippen molar-refractivity contribution in [3.05, 3.63) is 18.0 Å². The van der Waals surface area contributed by atoms with Gasteiger partial charge in [-0.05, 0) is 12.0 Å². The van der Waals surface area contributed by atoms with E-state index in [-0.39, 0.29) is 5.78 Å². The van der Waals surface area contributed by atoms with Crippen LogP contribution < -0.4 is 5.32 Å². The number of hydrogen-bond donors (Lipinski definition) is 1. The Morgan fingerprint density at radius 2 is 2.33 bits per heavy atom. The number of Topliss-reactive ketones (excluding diaryl/α,β-unsaturated/α-hetero) is 1. The van der Waals surface area contributed by atoms with Gasteiger partial charge < -0.3 is 5.32 Å². The molecule has 15 heavy (non-hydrogen) atoms. The third kappa shape index (κ3) is 4.74. The van der Waals surface area contributed by atoms with Gasteiger partial charge in [0.25, 0.3) is 0 Å². The summed E-state index contributed by atoms with van der Waals surface area (Å²) in [6.07, 6.45) is 5.13. The highest BCUT2D eigenvalue weighted by molar-refractivity contribution is 5.80. The van der Waals surface area contributed by atoms with Gasteiger partial charge in [-0.25, -0.2) is 0 Å². The van der Waals surface area contributed by atoms with Crippen LogP contribution in [0.4, 0.5) is 0 Å². The minimum absolute atomic E-state index is 0.257. The van der Waals surface area contributed by atoms with Crippen molar-refractivity contribution in [3.63, 3.8) is 0 Å². The number of aryl methyl sites for hydroxylation is 2. The predicted octanol–water partition coefficient (Wildman–Crippen LogP) is 0.920. The summed E-state index contributed by atoms with van der Waals surface area (Å²) >= 11 is 0. The molecule has 0 radical (unpaired) electrons. The van der Waals surface area contributed by atoms with Crippen LogP contribution in [-0.2, 0) is 18.3 Å². The molecule has 1 N–H and O–H groups in total. The van der Waals surface area contributed by atoms with Gasteiger partial charge >= 0.3 is 0 Å². The monoisotopic (exact) mass is 209 g/mol. The summed E-state index contributed by atoms with van der Waals surface area (Å²) in [5.74, 6) is 0.257. The summed E-state index contributed by atoms with van der Waals surface area (Å²) in [4.78, 5) is 11.4. The zero-order chi connectivity index (χ0) is 11.3. The lowest BCUT2D eigenvalue weighted by atomic mass is 10.1. The van der Waals surface area contributed by atoms with E-state index in [0.717, 1.165) is 12.0 Å². The first-order valence-corrected chi connectivity index (χ1v) is 5.30. The van der Waals surface area contributed by atoms with Crippen molar-refractivity contribution >= 4 is 5.78 Å². The highest BCUT2D eigenvalue weighted by Gasteiger charge is 2.04. The molecule has 1 rings (SSSR count). The third-order valence-corrected chi connectivity index (χ3v) is 2.16. The standard InChI is InChI=1S/C11H19N3O/c1-9(2)12-7-11(15)5-4-10-6-13-14(3)8-10/h6,8-9,12H,4-5,7H2,1-3H3. The molecule has 0 bridgehead atoms. The van der Waals surface area contributed by atoms with Crippen molar-refractivity contribution in [2.24, 2.45) is 7.05 Å². The molecule has 0 fully saturated rings. The molecule has 0 aliphatic heterocycles. The lowest BCUT2D eigenvalue weighted by molar-refractivity contribution is -0.118. The molecular weight excluding hydrogens is 190 g/mol. The average Bonchev–Trinajstić information content (AvgIpc) is 2.58. The first kappa shape index (κ1) is 11.9. The molecule has 0 aromatic carbocycles. The Balaban J connectivity index is 2.22. The van der Waals surface area contributed by atoms with Crippen LogP contribution >= 0.6 is 0 Å². The fourth-order valence-electron chi connectivity index (χ4n) is 1.29. The van der Waals surface area contributed by atoms with Gasteiger partial charge in [-0.2, -0.15) is 5.10 Å². The number of aromatic nitrogens is 2. The Hall–Kier alpha value is -1.16. The number of rotatable bonds is 6. The van der Waals surface area contributed by atoms with E-state index in [1.54, 1.807) is 4.68 Å². The van der Waals surface area contributed by atoms with E-state index in [1.165, 1.54) is 0 Å². The van der Waals surface area contributed by atoms with E-state index in [2.05, 4.69) is 10.4 Å². The number of nitrogens with one attached hydrogen (secondary N) is 1. The second-order valence-electron chi connectivity index (χ2n) is 4.10. The molecule has 1 heterocycles. The van der Waals surface area contributed by atoms with E-state index < -0.39 is 0 Å². The summed E-state index contributed by atoms with van der Waals surface area (Å²) in [5.41, 5.74) is 1.12. The van der Waals surface area contributed by atoms with Crippen LogP contribution in [0.1, 0.15) is 25.8 Å². The van der Waals surface area contributed by atoms with Crippen LogP contribution in [0.2, 0.25) is 0 Å². The topological polar surface area (TPSA) is 46.9 Å². The molecule has 1 aromatic heterocycles. The summed E-state index contributed by atoms with van der Waals surface area (Å²) in [6, 6.07) is 0.368. The maximum Gasteiger partial charge on any atom is 0.146 e. The van der Waals surface area contributed by atoms with Crippen molar-refractivity contribution in [1.82, 2.24) is 15.1 Å². The summed E-state index contributed by atoms with van der Waals surface area (Å²) < 4.78 is 1.76. The number of nitrogens with zero attached hydrogens (tertiary/aromatic N) is 2. The van der Waals surface area contributed by atoms with Crippen LogP contribution in [0.3, 0.4) is 0 Å². The van der Waals surface area contributed by atoms with Crippen molar-refractivity contribution in [1.29, 1.82) is 0 Å². The minimum atomic E-state index is 0.257. The molecule has 0 aliphatic rings. The highest BCUT2D eigenvalue weighted by Crippen LogP contribution is 2.01. The normalized spacial score (nSPS) is 10.9. The Morgan fingerprint density at radius 3 is 2.87 bits per heavy atom. The smallest absolute Gasteiger partial charge is 0.146 e. The van der Waals surface area contributed by atoms with Gasteiger partial charge in [0, 0.05) is 25.7 Å². The van der Waals surface area contributed by atoms with Gasteiger partial charge in [-0.15, -0.1) is 0 Å². The molecule has 4 nitrogen and oxygen atoms in total. The second kappa shape index (κ2) is 5.66. The lowest BCUT2D eigenvalue weighted by Gasteiger charge is -2.06. The molecule has 0 saturated heterocycles. The third-order valence-electron chi connectivity index (χ3n) is 2.16. The molecular formula is C11H19N3O. The number of carbonyl (C=O) groups is 1.